The van der Waals surface area contributed by atoms with Gasteiger partial charge in [-0.2, -0.15) is 0 Å². The van der Waals surface area contributed by atoms with Gasteiger partial charge >= 0.3 is 6.03 Å². The average molecular weight is 307 g/mol. The lowest BCUT2D eigenvalue weighted by molar-refractivity contribution is -0.120. The predicted molar refractivity (Wildman–Crippen MR) is 85.9 cm³/mol. The Labute approximate surface area is 131 Å². The van der Waals surface area contributed by atoms with E-state index in [0.717, 1.165) is 11.3 Å². The number of carbonyl (C=O) groups excluding carboxylic acids is 2. The lowest BCUT2D eigenvalue weighted by atomic mass is 10.2. The standard InChI is InChI=1S/C16H25N3O3/c1-11(2)18-15(20)9-17-16(21)19-13(4)10-22-14-7-5-6-12(3)8-14/h5-8,11,13H,9-10H2,1-4H3,(H,18,20)(H2,17,19,21)/t13-/m0/s1. The number of aryl methyl sites for hydroxylation is 1. The largest absolute Gasteiger partial charge is 0.491 e. The van der Waals surface area contributed by atoms with Crippen LogP contribution in [0.5, 0.6) is 5.75 Å². The first kappa shape index (κ1) is 17.8. The Bertz CT molecular complexity index is 503. The quantitative estimate of drug-likeness (QED) is 0.715. The Morgan fingerprint density at radius 3 is 2.55 bits per heavy atom. The molecule has 1 rings (SSSR count). The summed E-state index contributed by atoms with van der Waals surface area (Å²) in [5, 5.41) is 7.92. The highest BCUT2D eigenvalue weighted by molar-refractivity contribution is 5.84. The third kappa shape index (κ3) is 7.52. The normalized spacial score (nSPS) is 11.7. The van der Waals surface area contributed by atoms with E-state index in [1.165, 1.54) is 0 Å². The minimum atomic E-state index is -0.390. The van der Waals surface area contributed by atoms with E-state index in [0.29, 0.717) is 6.61 Å². The van der Waals surface area contributed by atoms with Crippen LogP contribution >= 0.6 is 0 Å². The minimum absolute atomic E-state index is 0.0462. The van der Waals surface area contributed by atoms with Crippen LogP contribution in [0.3, 0.4) is 0 Å². The molecule has 1 aromatic carbocycles. The molecule has 122 valence electrons. The molecule has 0 aliphatic rings. The number of benzene rings is 1. The number of nitrogens with one attached hydrogen (secondary N) is 3. The van der Waals surface area contributed by atoms with Crippen LogP contribution in [0.2, 0.25) is 0 Å². The highest BCUT2D eigenvalue weighted by Gasteiger charge is 2.10. The van der Waals surface area contributed by atoms with E-state index in [-0.39, 0.29) is 30.6 Å². The number of ether oxygens (including phenoxy) is 1. The molecule has 0 spiro atoms. The third-order valence-corrected chi connectivity index (χ3v) is 2.73. The lowest BCUT2D eigenvalue weighted by Crippen LogP contribution is -2.47. The topological polar surface area (TPSA) is 79.5 Å². The van der Waals surface area contributed by atoms with Crippen LogP contribution in [0.1, 0.15) is 26.3 Å². The zero-order valence-electron chi connectivity index (χ0n) is 13.6. The first-order valence-electron chi connectivity index (χ1n) is 7.40. The van der Waals surface area contributed by atoms with Crippen molar-refractivity contribution in [1.29, 1.82) is 0 Å². The molecule has 0 fully saturated rings. The highest BCUT2D eigenvalue weighted by Crippen LogP contribution is 2.12. The van der Waals surface area contributed by atoms with Crippen LogP contribution < -0.4 is 20.7 Å². The summed E-state index contributed by atoms with van der Waals surface area (Å²) in [6, 6.07) is 7.21. The SMILES string of the molecule is Cc1cccc(OC[C@H](C)NC(=O)NCC(=O)NC(C)C)c1. The predicted octanol–water partition coefficient (Wildman–Crippen LogP) is 1.59. The van der Waals surface area contributed by atoms with Crippen molar-refractivity contribution in [3.63, 3.8) is 0 Å². The molecule has 6 nitrogen and oxygen atoms in total. The van der Waals surface area contributed by atoms with Gasteiger partial charge in [0.1, 0.15) is 12.4 Å². The number of rotatable bonds is 7. The molecule has 0 saturated carbocycles. The van der Waals surface area contributed by atoms with Crippen LogP contribution in [0.4, 0.5) is 4.79 Å². The van der Waals surface area contributed by atoms with Crippen molar-refractivity contribution in [3.05, 3.63) is 29.8 Å². The fourth-order valence-corrected chi connectivity index (χ4v) is 1.78. The van der Waals surface area contributed by atoms with Crippen molar-refractivity contribution in [2.24, 2.45) is 0 Å². The van der Waals surface area contributed by atoms with Gasteiger partial charge in [-0.15, -0.1) is 0 Å². The smallest absolute Gasteiger partial charge is 0.315 e. The first-order chi connectivity index (χ1) is 10.4. The van der Waals surface area contributed by atoms with E-state index in [1.54, 1.807) is 0 Å². The molecule has 1 aromatic rings. The second kappa shape index (κ2) is 8.92. The van der Waals surface area contributed by atoms with Crippen LogP contribution in [0.25, 0.3) is 0 Å². The van der Waals surface area contributed by atoms with Gasteiger partial charge in [-0.1, -0.05) is 12.1 Å². The Balaban J connectivity index is 2.25. The van der Waals surface area contributed by atoms with E-state index < -0.39 is 0 Å². The molecule has 0 unspecified atom stereocenters. The molecular formula is C16H25N3O3. The van der Waals surface area contributed by atoms with Crippen LogP contribution in [-0.4, -0.2) is 37.2 Å². The van der Waals surface area contributed by atoms with E-state index in [2.05, 4.69) is 16.0 Å². The maximum atomic E-state index is 11.7. The van der Waals surface area contributed by atoms with Crippen LogP contribution in [-0.2, 0) is 4.79 Å². The molecule has 6 heteroatoms. The van der Waals surface area contributed by atoms with E-state index >= 15 is 0 Å². The summed E-state index contributed by atoms with van der Waals surface area (Å²) in [6.07, 6.45) is 0. The Morgan fingerprint density at radius 1 is 1.18 bits per heavy atom. The van der Waals surface area contributed by atoms with Gasteiger partial charge in [0.05, 0.1) is 12.6 Å². The van der Waals surface area contributed by atoms with Gasteiger partial charge in [0.25, 0.3) is 0 Å². The van der Waals surface area contributed by atoms with Gasteiger partial charge in [-0.05, 0) is 45.4 Å². The summed E-state index contributed by atoms with van der Waals surface area (Å²) in [5.74, 6) is 0.555. The number of hydrogen-bond acceptors (Lipinski definition) is 3. The van der Waals surface area contributed by atoms with E-state index in [9.17, 15) is 9.59 Å². The monoisotopic (exact) mass is 307 g/mol. The Kier molecular flexibility index (Phi) is 7.22. The molecule has 0 saturated heterocycles. The van der Waals surface area contributed by atoms with Crippen LogP contribution in [0, 0.1) is 6.92 Å². The number of hydrogen-bond donors (Lipinski definition) is 3. The second-order valence-electron chi connectivity index (χ2n) is 5.58. The Morgan fingerprint density at radius 2 is 1.91 bits per heavy atom. The zero-order chi connectivity index (χ0) is 16.5. The summed E-state index contributed by atoms with van der Waals surface area (Å²) in [7, 11) is 0. The van der Waals surface area contributed by atoms with Crippen molar-refractivity contribution in [2.45, 2.75) is 39.8 Å². The van der Waals surface area contributed by atoms with Gasteiger partial charge in [-0.25, -0.2) is 4.79 Å². The maximum Gasteiger partial charge on any atom is 0.315 e. The summed E-state index contributed by atoms with van der Waals surface area (Å²) in [6.45, 7) is 7.86. The Hall–Kier alpha value is -2.24. The van der Waals surface area contributed by atoms with Gasteiger partial charge in [0.15, 0.2) is 0 Å². The van der Waals surface area contributed by atoms with Gasteiger partial charge < -0.3 is 20.7 Å². The average Bonchev–Trinajstić information content (AvgIpc) is 2.42. The summed E-state index contributed by atoms with van der Waals surface area (Å²) in [4.78, 5) is 23.1. The number of urea groups is 1. The van der Waals surface area contributed by atoms with E-state index in [4.69, 9.17) is 4.74 Å². The van der Waals surface area contributed by atoms with Crippen molar-refractivity contribution >= 4 is 11.9 Å². The van der Waals surface area contributed by atoms with Gasteiger partial charge in [0.2, 0.25) is 5.91 Å². The van der Waals surface area contributed by atoms with E-state index in [1.807, 2.05) is 52.0 Å². The first-order valence-corrected chi connectivity index (χ1v) is 7.40. The number of amides is 3. The summed E-state index contributed by atoms with van der Waals surface area (Å²) < 4.78 is 5.61. The number of carbonyl (C=O) groups is 2. The van der Waals surface area contributed by atoms with Gasteiger partial charge in [0, 0.05) is 6.04 Å². The molecule has 0 radical (unpaired) electrons. The molecule has 22 heavy (non-hydrogen) atoms. The van der Waals surface area contributed by atoms with Crippen molar-refractivity contribution < 1.29 is 14.3 Å². The maximum absolute atomic E-state index is 11.7. The highest BCUT2D eigenvalue weighted by atomic mass is 16.5. The molecule has 3 amide bonds. The molecule has 0 heterocycles. The fraction of sp³-hybridized carbons (Fsp3) is 0.500. The molecule has 0 aromatic heterocycles. The summed E-state index contributed by atoms with van der Waals surface area (Å²) >= 11 is 0. The van der Waals surface area contributed by atoms with Gasteiger partial charge in [-0.3, -0.25) is 4.79 Å². The molecule has 3 N–H and O–H groups in total. The molecule has 0 aliphatic heterocycles. The molecular weight excluding hydrogens is 282 g/mol. The fourth-order valence-electron chi connectivity index (χ4n) is 1.78. The molecule has 0 bridgehead atoms. The zero-order valence-corrected chi connectivity index (χ0v) is 13.6. The van der Waals surface area contributed by atoms with Crippen molar-refractivity contribution in [2.75, 3.05) is 13.2 Å². The summed E-state index contributed by atoms with van der Waals surface area (Å²) in [5.41, 5.74) is 1.12. The lowest BCUT2D eigenvalue weighted by Gasteiger charge is -2.16. The second-order valence-corrected chi connectivity index (χ2v) is 5.58. The molecule has 0 aliphatic carbocycles. The minimum Gasteiger partial charge on any atom is -0.491 e. The molecule has 1 atom stereocenters. The van der Waals surface area contributed by atoms with Crippen molar-refractivity contribution in [3.8, 4) is 5.75 Å². The third-order valence-electron chi connectivity index (χ3n) is 2.73. The van der Waals surface area contributed by atoms with Crippen molar-refractivity contribution in [1.82, 2.24) is 16.0 Å². The van der Waals surface area contributed by atoms with Crippen LogP contribution in [0.15, 0.2) is 24.3 Å².